The van der Waals surface area contributed by atoms with Crippen LogP contribution in [-0.4, -0.2) is 74.4 Å². The van der Waals surface area contributed by atoms with Gasteiger partial charge < -0.3 is 9.30 Å². The van der Waals surface area contributed by atoms with Crippen LogP contribution in [0.25, 0.3) is 5.69 Å². The second-order valence-corrected chi connectivity index (χ2v) is 9.33. The number of rotatable bonds is 7. The van der Waals surface area contributed by atoms with Gasteiger partial charge in [0.05, 0.1) is 37.3 Å². The summed E-state index contributed by atoms with van der Waals surface area (Å²) >= 11 is 0. The molecule has 0 bridgehead atoms. The first-order valence-electron chi connectivity index (χ1n) is 9.71. The van der Waals surface area contributed by atoms with E-state index in [2.05, 4.69) is 0 Å². The van der Waals surface area contributed by atoms with Crippen LogP contribution in [0, 0.1) is 25.2 Å². The summed E-state index contributed by atoms with van der Waals surface area (Å²) in [5.41, 5.74) is 2.82. The summed E-state index contributed by atoms with van der Waals surface area (Å²) in [5.74, 6) is -0.0795. The van der Waals surface area contributed by atoms with Crippen LogP contribution < -0.4 is 0 Å². The SMILES string of the molecule is Cc1cc(C(=O)CN(C)CC#N)c(C)n1-c1cccc(S(=O)(=O)N2CCOCC2)c1. The molecule has 1 aliphatic heterocycles. The first-order valence-corrected chi connectivity index (χ1v) is 11.2. The molecule has 0 amide bonds. The molecule has 1 saturated heterocycles. The average Bonchev–Trinajstić information content (AvgIpc) is 3.03. The smallest absolute Gasteiger partial charge is 0.243 e. The molecule has 30 heavy (non-hydrogen) atoms. The maximum Gasteiger partial charge on any atom is 0.243 e. The van der Waals surface area contributed by atoms with Crippen LogP contribution in [-0.2, 0) is 14.8 Å². The van der Waals surface area contributed by atoms with Gasteiger partial charge in [-0.1, -0.05) is 6.07 Å². The quantitative estimate of drug-likeness (QED) is 0.491. The van der Waals surface area contributed by atoms with Crippen molar-refractivity contribution in [2.45, 2.75) is 18.7 Å². The second kappa shape index (κ2) is 9.10. The Morgan fingerprint density at radius 2 is 1.93 bits per heavy atom. The number of nitrogens with zero attached hydrogens (tertiary/aromatic N) is 4. The van der Waals surface area contributed by atoms with E-state index >= 15 is 0 Å². The number of ketones is 1. The lowest BCUT2D eigenvalue weighted by Gasteiger charge is -2.26. The molecule has 0 atom stereocenters. The summed E-state index contributed by atoms with van der Waals surface area (Å²) in [5, 5.41) is 8.79. The van der Waals surface area contributed by atoms with E-state index in [9.17, 15) is 13.2 Å². The first-order chi connectivity index (χ1) is 14.3. The number of carbonyl (C=O) groups is 1. The van der Waals surface area contributed by atoms with E-state index in [-0.39, 0.29) is 23.8 Å². The number of aryl methyl sites for hydroxylation is 1. The molecule has 0 saturated carbocycles. The van der Waals surface area contributed by atoms with E-state index in [4.69, 9.17) is 10.00 Å². The van der Waals surface area contributed by atoms with Crippen molar-refractivity contribution in [1.29, 1.82) is 5.26 Å². The van der Waals surface area contributed by atoms with Crippen LogP contribution in [0.2, 0.25) is 0 Å². The summed E-state index contributed by atoms with van der Waals surface area (Å²) in [7, 11) is -1.89. The molecule has 0 aliphatic carbocycles. The molecule has 1 aromatic carbocycles. The standard InChI is InChI=1S/C21H26N4O4S/c1-16-13-20(21(26)15-23(3)8-7-22)17(2)25(16)18-5-4-6-19(14-18)30(27,28)24-9-11-29-12-10-24/h4-6,13-14H,8-12,15H2,1-3H3. The van der Waals surface area contributed by atoms with E-state index in [0.717, 1.165) is 11.4 Å². The highest BCUT2D eigenvalue weighted by atomic mass is 32.2. The molecular formula is C21H26N4O4S. The molecule has 0 radical (unpaired) electrons. The van der Waals surface area contributed by atoms with Gasteiger partial charge in [-0.05, 0) is 45.2 Å². The Kier molecular flexibility index (Phi) is 6.73. The Balaban J connectivity index is 1.94. The third kappa shape index (κ3) is 4.47. The lowest BCUT2D eigenvalue weighted by atomic mass is 10.1. The second-order valence-electron chi connectivity index (χ2n) is 7.39. The monoisotopic (exact) mass is 430 g/mol. The third-order valence-electron chi connectivity index (χ3n) is 5.17. The number of sulfonamides is 1. The molecule has 8 nitrogen and oxygen atoms in total. The minimum absolute atomic E-state index is 0.0795. The van der Waals surface area contributed by atoms with E-state index in [1.165, 1.54) is 4.31 Å². The van der Waals surface area contributed by atoms with Gasteiger partial charge in [0.1, 0.15) is 0 Å². The number of aromatic nitrogens is 1. The van der Waals surface area contributed by atoms with Gasteiger partial charge in [-0.2, -0.15) is 9.57 Å². The number of hydrogen-bond donors (Lipinski definition) is 0. The number of hydrogen-bond acceptors (Lipinski definition) is 6. The van der Waals surface area contributed by atoms with Crippen molar-refractivity contribution in [3.05, 3.63) is 47.3 Å². The Morgan fingerprint density at radius 1 is 1.23 bits per heavy atom. The Hall–Kier alpha value is -2.51. The maximum absolute atomic E-state index is 13.0. The Morgan fingerprint density at radius 3 is 2.60 bits per heavy atom. The predicted molar refractivity (Wildman–Crippen MR) is 112 cm³/mol. The molecule has 9 heteroatoms. The first kappa shape index (κ1) is 22.2. The third-order valence-corrected chi connectivity index (χ3v) is 7.06. The van der Waals surface area contributed by atoms with E-state index in [1.54, 1.807) is 36.2 Å². The van der Waals surface area contributed by atoms with Crippen molar-refractivity contribution in [2.24, 2.45) is 0 Å². The summed E-state index contributed by atoms with van der Waals surface area (Å²) in [6.45, 7) is 5.49. The average molecular weight is 431 g/mol. The number of ether oxygens (including phenoxy) is 1. The van der Waals surface area contributed by atoms with Crippen LogP contribution >= 0.6 is 0 Å². The van der Waals surface area contributed by atoms with Gasteiger partial charge in [-0.15, -0.1) is 0 Å². The molecule has 160 valence electrons. The highest BCUT2D eigenvalue weighted by Crippen LogP contribution is 2.25. The zero-order valence-corrected chi connectivity index (χ0v) is 18.3. The van der Waals surface area contributed by atoms with Crippen molar-refractivity contribution in [3.63, 3.8) is 0 Å². The van der Waals surface area contributed by atoms with Crippen molar-refractivity contribution in [2.75, 3.05) is 46.4 Å². The fourth-order valence-electron chi connectivity index (χ4n) is 3.67. The van der Waals surface area contributed by atoms with Crippen LogP contribution in [0.15, 0.2) is 35.2 Å². The summed E-state index contributed by atoms with van der Waals surface area (Å²) < 4.78 is 34.6. The van der Waals surface area contributed by atoms with Gasteiger partial charge in [0, 0.05) is 35.7 Å². The number of nitriles is 1. The molecular weight excluding hydrogens is 404 g/mol. The van der Waals surface area contributed by atoms with Crippen molar-refractivity contribution < 1.29 is 17.9 Å². The Bertz CT molecular complexity index is 1080. The highest BCUT2D eigenvalue weighted by Gasteiger charge is 2.27. The minimum Gasteiger partial charge on any atom is -0.379 e. The molecule has 0 N–H and O–H groups in total. The molecule has 1 fully saturated rings. The fraction of sp³-hybridized carbons (Fsp3) is 0.429. The summed E-state index contributed by atoms with van der Waals surface area (Å²) in [4.78, 5) is 14.6. The van der Waals surface area contributed by atoms with Gasteiger partial charge in [0.2, 0.25) is 10.0 Å². The van der Waals surface area contributed by atoms with Gasteiger partial charge in [-0.3, -0.25) is 9.69 Å². The van der Waals surface area contributed by atoms with Crippen LogP contribution in [0.5, 0.6) is 0 Å². The lowest BCUT2D eigenvalue weighted by molar-refractivity contribution is 0.0730. The Labute approximate surface area is 177 Å². The maximum atomic E-state index is 13.0. The number of Topliss-reactive ketones (excluding diaryl/α,β-unsaturated/α-hetero) is 1. The van der Waals surface area contributed by atoms with Crippen molar-refractivity contribution in [3.8, 4) is 11.8 Å². The topological polar surface area (TPSA) is 95.6 Å². The van der Waals surface area contributed by atoms with Gasteiger partial charge in [-0.25, -0.2) is 8.42 Å². The van der Waals surface area contributed by atoms with Crippen LogP contribution in [0.4, 0.5) is 0 Å². The zero-order valence-electron chi connectivity index (χ0n) is 17.5. The van der Waals surface area contributed by atoms with Gasteiger partial charge >= 0.3 is 0 Å². The number of carbonyl (C=O) groups excluding carboxylic acids is 1. The lowest BCUT2D eigenvalue weighted by Crippen LogP contribution is -2.40. The van der Waals surface area contributed by atoms with E-state index in [1.807, 2.05) is 30.6 Å². The molecule has 3 rings (SSSR count). The normalized spacial score (nSPS) is 15.3. The molecule has 2 aromatic rings. The molecule has 2 heterocycles. The molecule has 0 unspecified atom stereocenters. The van der Waals surface area contributed by atoms with Crippen molar-refractivity contribution in [1.82, 2.24) is 13.8 Å². The summed E-state index contributed by atoms with van der Waals surface area (Å²) in [6.07, 6.45) is 0. The van der Waals surface area contributed by atoms with Crippen molar-refractivity contribution >= 4 is 15.8 Å². The number of likely N-dealkylation sites (N-methyl/N-ethyl adjacent to an activating group) is 1. The number of benzene rings is 1. The highest BCUT2D eigenvalue weighted by molar-refractivity contribution is 7.89. The minimum atomic E-state index is -3.61. The van der Waals surface area contributed by atoms with Gasteiger partial charge in [0.25, 0.3) is 0 Å². The van der Waals surface area contributed by atoms with Crippen LogP contribution in [0.1, 0.15) is 21.7 Å². The number of morpholine rings is 1. The molecule has 1 aromatic heterocycles. The zero-order chi connectivity index (χ0) is 21.9. The predicted octanol–water partition coefficient (Wildman–Crippen LogP) is 1.75. The van der Waals surface area contributed by atoms with Gasteiger partial charge in [0.15, 0.2) is 5.78 Å². The summed E-state index contributed by atoms with van der Waals surface area (Å²) in [6, 6.07) is 10.6. The molecule has 0 spiro atoms. The fourth-order valence-corrected chi connectivity index (χ4v) is 5.12. The van der Waals surface area contributed by atoms with E-state index < -0.39 is 10.0 Å². The van der Waals surface area contributed by atoms with Crippen LogP contribution in [0.3, 0.4) is 0 Å². The molecule has 1 aliphatic rings. The largest absolute Gasteiger partial charge is 0.379 e. The van der Waals surface area contributed by atoms with E-state index in [0.29, 0.717) is 37.6 Å².